The normalized spacial score (nSPS) is 14.5. The molecule has 0 atom stereocenters. The number of anilines is 1. The first kappa shape index (κ1) is 20.8. The van der Waals surface area contributed by atoms with Crippen LogP contribution in [0, 0.1) is 10.1 Å². The lowest BCUT2D eigenvalue weighted by atomic mass is 9.87. The van der Waals surface area contributed by atoms with Gasteiger partial charge in [0.25, 0.3) is 5.69 Å². The van der Waals surface area contributed by atoms with Crippen LogP contribution in [0.4, 0.5) is 11.4 Å². The Kier molecular flexibility index (Phi) is 6.17. The lowest BCUT2D eigenvalue weighted by Gasteiger charge is -2.30. The number of hydrogen-bond donors (Lipinski definition) is 0. The summed E-state index contributed by atoms with van der Waals surface area (Å²) in [6.07, 6.45) is 0. The van der Waals surface area contributed by atoms with E-state index in [1.54, 1.807) is 6.07 Å². The number of carbonyl (C=O) groups is 1. The van der Waals surface area contributed by atoms with E-state index >= 15 is 0 Å². The molecule has 0 saturated carbocycles. The van der Waals surface area contributed by atoms with Gasteiger partial charge in [0.05, 0.1) is 29.4 Å². The summed E-state index contributed by atoms with van der Waals surface area (Å²) in [7, 11) is 0. The molecule has 3 rings (SSSR count). The van der Waals surface area contributed by atoms with Crippen molar-refractivity contribution in [2.24, 2.45) is 0 Å². The van der Waals surface area contributed by atoms with Crippen molar-refractivity contribution in [3.8, 4) is 0 Å². The second-order valence-corrected chi connectivity index (χ2v) is 8.08. The Morgan fingerprint density at radius 1 is 1.14 bits per heavy atom. The molecule has 1 fully saturated rings. The summed E-state index contributed by atoms with van der Waals surface area (Å²) in [6.45, 7) is 8.84. The molecule has 2 aromatic carbocycles. The van der Waals surface area contributed by atoms with Gasteiger partial charge in [-0.2, -0.15) is 0 Å². The standard InChI is InChI=1S/C22H26N2O5/c1-22(2,3)17-6-4-16(5-7-17)15-29-21(25)19-14-18(24(26)27)8-9-20(19)23-10-12-28-13-11-23/h4-9,14H,10-13,15H2,1-3H3. The number of ether oxygens (including phenoxy) is 2. The number of rotatable bonds is 5. The van der Waals surface area contributed by atoms with Crippen LogP contribution in [0.1, 0.15) is 42.3 Å². The third-order valence-corrected chi connectivity index (χ3v) is 4.95. The SMILES string of the molecule is CC(C)(C)c1ccc(COC(=O)c2cc([N+](=O)[O-])ccc2N2CCOCC2)cc1. The Labute approximate surface area is 170 Å². The zero-order valence-electron chi connectivity index (χ0n) is 17.0. The Morgan fingerprint density at radius 3 is 2.38 bits per heavy atom. The van der Waals surface area contributed by atoms with Gasteiger partial charge in [-0.3, -0.25) is 10.1 Å². The van der Waals surface area contributed by atoms with Crippen LogP contribution < -0.4 is 4.90 Å². The topological polar surface area (TPSA) is 81.9 Å². The first-order valence-corrected chi connectivity index (χ1v) is 9.63. The molecule has 0 amide bonds. The average Bonchev–Trinajstić information content (AvgIpc) is 2.72. The van der Waals surface area contributed by atoms with E-state index in [4.69, 9.17) is 9.47 Å². The molecule has 7 nitrogen and oxygen atoms in total. The molecule has 29 heavy (non-hydrogen) atoms. The smallest absolute Gasteiger partial charge is 0.340 e. The minimum atomic E-state index is -0.574. The van der Waals surface area contributed by atoms with E-state index < -0.39 is 10.9 Å². The molecule has 154 valence electrons. The molecule has 1 aliphatic heterocycles. The third kappa shape index (κ3) is 5.12. The molecule has 2 aromatic rings. The van der Waals surface area contributed by atoms with Crippen LogP contribution in [0.2, 0.25) is 0 Å². The van der Waals surface area contributed by atoms with Crippen molar-refractivity contribution in [1.29, 1.82) is 0 Å². The molecule has 0 aromatic heterocycles. The summed E-state index contributed by atoms with van der Waals surface area (Å²) in [5.41, 5.74) is 2.80. The molecule has 7 heteroatoms. The van der Waals surface area contributed by atoms with Crippen LogP contribution in [0.5, 0.6) is 0 Å². The summed E-state index contributed by atoms with van der Waals surface area (Å²) in [6, 6.07) is 12.2. The predicted octanol–water partition coefficient (Wildman–Crippen LogP) is 4.09. The molecule has 0 bridgehead atoms. The summed E-state index contributed by atoms with van der Waals surface area (Å²) in [5, 5.41) is 11.2. The van der Waals surface area contributed by atoms with E-state index in [1.165, 1.54) is 17.7 Å². The Bertz CT molecular complexity index is 881. The number of nitrogens with zero attached hydrogens (tertiary/aromatic N) is 2. The number of non-ortho nitro benzene ring substituents is 1. The monoisotopic (exact) mass is 398 g/mol. The first-order chi connectivity index (χ1) is 13.8. The fourth-order valence-corrected chi connectivity index (χ4v) is 3.21. The average molecular weight is 398 g/mol. The number of benzene rings is 2. The highest BCUT2D eigenvalue weighted by Crippen LogP contribution is 2.28. The van der Waals surface area contributed by atoms with Crippen molar-refractivity contribution in [3.05, 3.63) is 69.3 Å². The lowest BCUT2D eigenvalue weighted by Crippen LogP contribution is -2.37. The van der Waals surface area contributed by atoms with Gasteiger partial charge < -0.3 is 14.4 Å². The number of esters is 1. The second kappa shape index (κ2) is 8.61. The maximum Gasteiger partial charge on any atom is 0.340 e. The highest BCUT2D eigenvalue weighted by atomic mass is 16.6. The zero-order valence-corrected chi connectivity index (χ0v) is 17.0. The molecule has 0 N–H and O–H groups in total. The van der Waals surface area contributed by atoms with E-state index in [2.05, 4.69) is 20.8 Å². The number of hydrogen-bond acceptors (Lipinski definition) is 6. The summed E-state index contributed by atoms with van der Waals surface area (Å²) >= 11 is 0. The molecular formula is C22H26N2O5. The van der Waals surface area contributed by atoms with Crippen LogP contribution >= 0.6 is 0 Å². The van der Waals surface area contributed by atoms with E-state index in [0.717, 1.165) is 5.56 Å². The molecule has 1 heterocycles. The van der Waals surface area contributed by atoms with Gasteiger partial charge in [0.2, 0.25) is 0 Å². The first-order valence-electron chi connectivity index (χ1n) is 9.63. The van der Waals surface area contributed by atoms with Crippen molar-refractivity contribution in [3.63, 3.8) is 0 Å². The van der Waals surface area contributed by atoms with E-state index in [9.17, 15) is 14.9 Å². The van der Waals surface area contributed by atoms with Crippen LogP contribution in [0.15, 0.2) is 42.5 Å². The fraction of sp³-hybridized carbons (Fsp3) is 0.409. The largest absolute Gasteiger partial charge is 0.457 e. The number of nitro groups is 1. The second-order valence-electron chi connectivity index (χ2n) is 8.08. The van der Waals surface area contributed by atoms with Gasteiger partial charge in [-0.1, -0.05) is 45.0 Å². The van der Waals surface area contributed by atoms with Gasteiger partial charge in [0, 0.05) is 25.2 Å². The molecule has 0 aliphatic carbocycles. The van der Waals surface area contributed by atoms with Gasteiger partial charge in [-0.25, -0.2) is 4.79 Å². The van der Waals surface area contributed by atoms with E-state index in [0.29, 0.717) is 32.0 Å². The highest BCUT2D eigenvalue weighted by Gasteiger charge is 2.23. The maximum atomic E-state index is 12.8. The molecule has 0 unspecified atom stereocenters. The quantitative estimate of drug-likeness (QED) is 0.429. The van der Waals surface area contributed by atoms with Gasteiger partial charge >= 0.3 is 5.97 Å². The van der Waals surface area contributed by atoms with Crippen LogP contribution in [0.25, 0.3) is 0 Å². The van der Waals surface area contributed by atoms with Crippen molar-refractivity contribution in [1.82, 2.24) is 0 Å². The van der Waals surface area contributed by atoms with Crippen molar-refractivity contribution >= 4 is 17.3 Å². The van der Waals surface area contributed by atoms with Gasteiger partial charge in [0.1, 0.15) is 6.61 Å². The minimum Gasteiger partial charge on any atom is -0.457 e. The Balaban J connectivity index is 1.78. The molecule has 1 saturated heterocycles. The van der Waals surface area contributed by atoms with E-state index in [1.807, 2.05) is 29.2 Å². The van der Waals surface area contributed by atoms with Gasteiger partial charge in [0.15, 0.2) is 0 Å². The van der Waals surface area contributed by atoms with Crippen LogP contribution in [-0.4, -0.2) is 37.2 Å². The van der Waals surface area contributed by atoms with Crippen molar-refractivity contribution in [2.45, 2.75) is 32.8 Å². The number of nitro benzene ring substituents is 1. The van der Waals surface area contributed by atoms with Crippen LogP contribution in [-0.2, 0) is 21.5 Å². The highest BCUT2D eigenvalue weighted by molar-refractivity contribution is 5.96. The molecule has 0 radical (unpaired) electrons. The predicted molar refractivity (Wildman–Crippen MR) is 110 cm³/mol. The fourth-order valence-electron chi connectivity index (χ4n) is 3.21. The Morgan fingerprint density at radius 2 is 1.79 bits per heavy atom. The van der Waals surface area contributed by atoms with E-state index in [-0.39, 0.29) is 23.3 Å². The molecule has 0 spiro atoms. The van der Waals surface area contributed by atoms with Gasteiger partial charge in [-0.15, -0.1) is 0 Å². The summed E-state index contributed by atoms with van der Waals surface area (Å²) in [5.74, 6) is -0.574. The van der Waals surface area contributed by atoms with Gasteiger partial charge in [-0.05, 0) is 22.6 Å². The zero-order chi connectivity index (χ0) is 21.0. The Hall–Kier alpha value is -2.93. The molecular weight excluding hydrogens is 372 g/mol. The van der Waals surface area contributed by atoms with Crippen molar-refractivity contribution < 1.29 is 19.2 Å². The summed E-state index contributed by atoms with van der Waals surface area (Å²) < 4.78 is 10.8. The van der Waals surface area contributed by atoms with Crippen LogP contribution in [0.3, 0.4) is 0 Å². The number of morpholine rings is 1. The molecule has 1 aliphatic rings. The summed E-state index contributed by atoms with van der Waals surface area (Å²) in [4.78, 5) is 25.4. The number of carbonyl (C=O) groups excluding carboxylic acids is 1. The third-order valence-electron chi connectivity index (χ3n) is 4.95. The van der Waals surface area contributed by atoms with Crippen molar-refractivity contribution in [2.75, 3.05) is 31.2 Å². The lowest BCUT2D eigenvalue weighted by molar-refractivity contribution is -0.384. The minimum absolute atomic E-state index is 0.0469. The maximum absolute atomic E-state index is 12.8.